The Morgan fingerprint density at radius 3 is 1.98 bits per heavy atom. The molecule has 5 heteroatoms. The van der Waals surface area contributed by atoms with Gasteiger partial charge in [0.2, 0.25) is 0 Å². The van der Waals surface area contributed by atoms with Crippen molar-refractivity contribution in [1.82, 2.24) is 24.5 Å². The summed E-state index contributed by atoms with van der Waals surface area (Å²) in [4.78, 5) is 19.6. The van der Waals surface area contributed by atoms with Crippen molar-refractivity contribution >= 4 is 32.6 Å². The molecule has 3 aromatic carbocycles. The highest BCUT2D eigenvalue weighted by atomic mass is 15.1. The van der Waals surface area contributed by atoms with Crippen LogP contribution in [0.15, 0.2) is 134 Å². The van der Waals surface area contributed by atoms with Crippen LogP contribution in [0.5, 0.6) is 0 Å². The number of aromatic nitrogens is 5. The number of benzene rings is 3. The number of aryl methyl sites for hydroxylation is 1. The first-order valence-electron chi connectivity index (χ1n) is 14.0. The van der Waals surface area contributed by atoms with Gasteiger partial charge in [-0.1, -0.05) is 72.3 Å². The van der Waals surface area contributed by atoms with E-state index in [1.807, 2.05) is 67.0 Å². The lowest BCUT2D eigenvalue weighted by Crippen LogP contribution is -1.99. The molecule has 0 spiro atoms. The monoisotopic (exact) mass is 539 g/mol. The molecular weight excluding hydrogens is 514 g/mol. The van der Waals surface area contributed by atoms with Crippen LogP contribution in [-0.2, 0) is 0 Å². The van der Waals surface area contributed by atoms with E-state index in [4.69, 9.17) is 15.0 Å². The topological polar surface area (TPSA) is 56.5 Å². The smallest absolute Gasteiger partial charge is 0.138 e. The predicted octanol–water partition coefficient (Wildman–Crippen LogP) is 8.83. The average Bonchev–Trinajstić information content (AvgIpc) is 3.38. The maximum atomic E-state index is 5.10. The first-order valence-corrected chi connectivity index (χ1v) is 14.0. The van der Waals surface area contributed by atoms with Gasteiger partial charge < -0.3 is 0 Å². The van der Waals surface area contributed by atoms with Gasteiger partial charge in [0.15, 0.2) is 0 Å². The van der Waals surface area contributed by atoms with Crippen LogP contribution in [-0.4, -0.2) is 24.5 Å². The van der Waals surface area contributed by atoms with Crippen LogP contribution in [0.3, 0.4) is 0 Å². The van der Waals surface area contributed by atoms with Gasteiger partial charge in [0, 0.05) is 28.7 Å². The molecule has 5 aromatic heterocycles. The standard InChI is InChI=1S/C37H25N5/c1-24-18-19-35-28(22-24)29-23-38-21-20-36(29)42(35)37-17-7-16-34(41-37)33-15-6-14-32(40-33)31-13-5-12-30(39-31)27-11-4-9-25-8-2-3-10-26(25)27/h2-23H,1H3. The SMILES string of the molecule is Cc1ccc2c(c1)c1cnccc1n2-c1cccc(-c2cccc(-c3cccc(-c4cccc5ccccc45)n3)n2)n1. The second-order valence-corrected chi connectivity index (χ2v) is 10.5. The van der Waals surface area contributed by atoms with E-state index in [9.17, 15) is 0 Å². The van der Waals surface area contributed by atoms with Gasteiger partial charge in [-0.3, -0.25) is 9.55 Å². The minimum Gasteiger partial charge on any atom is -0.294 e. The van der Waals surface area contributed by atoms with Crippen molar-refractivity contribution in [1.29, 1.82) is 0 Å². The van der Waals surface area contributed by atoms with Gasteiger partial charge >= 0.3 is 0 Å². The number of rotatable bonds is 4. The molecule has 0 aliphatic heterocycles. The molecule has 0 aliphatic carbocycles. The van der Waals surface area contributed by atoms with Crippen molar-refractivity contribution in [2.45, 2.75) is 6.92 Å². The zero-order valence-corrected chi connectivity index (χ0v) is 22.9. The minimum atomic E-state index is 0.796. The molecule has 0 fully saturated rings. The van der Waals surface area contributed by atoms with Crippen molar-refractivity contribution in [2.24, 2.45) is 0 Å². The molecule has 0 saturated heterocycles. The molecule has 0 radical (unpaired) electrons. The summed E-state index contributed by atoms with van der Waals surface area (Å²) in [6.45, 7) is 2.11. The average molecular weight is 540 g/mol. The van der Waals surface area contributed by atoms with Crippen LogP contribution in [0.4, 0.5) is 0 Å². The molecule has 8 rings (SSSR count). The van der Waals surface area contributed by atoms with E-state index in [0.717, 1.165) is 56.3 Å². The fraction of sp³-hybridized carbons (Fsp3) is 0.0270. The summed E-state index contributed by atoms with van der Waals surface area (Å²) in [7, 11) is 0. The number of fused-ring (bicyclic) bond motifs is 4. The van der Waals surface area contributed by atoms with Gasteiger partial charge in [0.05, 0.1) is 39.5 Å². The highest BCUT2D eigenvalue weighted by Gasteiger charge is 2.15. The zero-order valence-electron chi connectivity index (χ0n) is 22.9. The Morgan fingerprint density at radius 1 is 0.500 bits per heavy atom. The molecule has 42 heavy (non-hydrogen) atoms. The first kappa shape index (κ1) is 24.1. The second-order valence-electron chi connectivity index (χ2n) is 10.5. The maximum absolute atomic E-state index is 5.10. The van der Waals surface area contributed by atoms with E-state index in [-0.39, 0.29) is 0 Å². The third-order valence-corrected chi connectivity index (χ3v) is 7.77. The van der Waals surface area contributed by atoms with Crippen molar-refractivity contribution in [3.05, 3.63) is 139 Å². The lowest BCUT2D eigenvalue weighted by molar-refractivity contribution is 1.07. The van der Waals surface area contributed by atoms with Crippen LogP contribution in [0.25, 0.3) is 72.4 Å². The highest BCUT2D eigenvalue weighted by molar-refractivity contribution is 6.09. The van der Waals surface area contributed by atoms with Crippen LogP contribution in [0.1, 0.15) is 5.56 Å². The molecule has 0 atom stereocenters. The summed E-state index contributed by atoms with van der Waals surface area (Å²) >= 11 is 0. The summed E-state index contributed by atoms with van der Waals surface area (Å²) in [5.41, 5.74) is 8.65. The van der Waals surface area contributed by atoms with E-state index in [1.165, 1.54) is 21.7 Å². The van der Waals surface area contributed by atoms with Crippen molar-refractivity contribution in [2.75, 3.05) is 0 Å². The van der Waals surface area contributed by atoms with Crippen LogP contribution >= 0.6 is 0 Å². The lowest BCUT2D eigenvalue weighted by atomic mass is 10.0. The number of pyridine rings is 4. The van der Waals surface area contributed by atoms with Crippen LogP contribution in [0, 0.1) is 6.92 Å². The largest absolute Gasteiger partial charge is 0.294 e. The zero-order chi connectivity index (χ0) is 28.0. The van der Waals surface area contributed by atoms with E-state index < -0.39 is 0 Å². The lowest BCUT2D eigenvalue weighted by Gasteiger charge is -2.10. The fourth-order valence-corrected chi connectivity index (χ4v) is 5.81. The van der Waals surface area contributed by atoms with Crippen molar-refractivity contribution < 1.29 is 0 Å². The molecule has 0 saturated carbocycles. The normalized spacial score (nSPS) is 11.5. The fourth-order valence-electron chi connectivity index (χ4n) is 5.81. The third kappa shape index (κ3) is 4.02. The molecule has 198 valence electrons. The van der Waals surface area contributed by atoms with Crippen LogP contribution < -0.4 is 0 Å². The Hall–Kier alpha value is -5.68. The maximum Gasteiger partial charge on any atom is 0.138 e. The Kier molecular flexibility index (Phi) is 5.61. The Labute approximate surface area is 242 Å². The van der Waals surface area contributed by atoms with Gasteiger partial charge in [-0.15, -0.1) is 0 Å². The summed E-state index contributed by atoms with van der Waals surface area (Å²) < 4.78 is 2.20. The molecule has 0 bridgehead atoms. The number of nitrogens with zero attached hydrogens (tertiary/aromatic N) is 5. The number of hydrogen-bond donors (Lipinski definition) is 0. The highest BCUT2D eigenvalue weighted by Crippen LogP contribution is 2.33. The first-order chi connectivity index (χ1) is 20.7. The van der Waals surface area contributed by atoms with Crippen LogP contribution in [0.2, 0.25) is 0 Å². The molecule has 8 aromatic rings. The predicted molar refractivity (Wildman–Crippen MR) is 171 cm³/mol. The molecule has 5 nitrogen and oxygen atoms in total. The van der Waals surface area contributed by atoms with Gasteiger partial charge in [-0.2, -0.15) is 0 Å². The van der Waals surface area contributed by atoms with Gasteiger partial charge in [0.1, 0.15) is 5.82 Å². The molecular formula is C37H25N5. The van der Waals surface area contributed by atoms with E-state index >= 15 is 0 Å². The Bertz CT molecular complexity index is 2280. The number of hydrogen-bond acceptors (Lipinski definition) is 4. The van der Waals surface area contributed by atoms with E-state index in [2.05, 4.69) is 83.2 Å². The van der Waals surface area contributed by atoms with Crippen molar-refractivity contribution in [3.8, 4) is 39.9 Å². The summed E-state index contributed by atoms with van der Waals surface area (Å²) in [6, 6.07) is 41.5. The summed E-state index contributed by atoms with van der Waals surface area (Å²) in [6.07, 6.45) is 3.76. The summed E-state index contributed by atoms with van der Waals surface area (Å²) in [5, 5.41) is 4.66. The quantitative estimate of drug-likeness (QED) is 0.224. The van der Waals surface area contributed by atoms with Gasteiger partial charge in [0.25, 0.3) is 0 Å². The molecule has 0 unspecified atom stereocenters. The third-order valence-electron chi connectivity index (χ3n) is 7.77. The molecule has 0 aliphatic rings. The molecule has 0 amide bonds. The molecule has 0 N–H and O–H groups in total. The van der Waals surface area contributed by atoms with E-state index in [1.54, 1.807) is 0 Å². The van der Waals surface area contributed by atoms with Gasteiger partial charge in [-0.05, 0) is 72.3 Å². The minimum absolute atomic E-state index is 0.796. The summed E-state index contributed by atoms with van der Waals surface area (Å²) in [5.74, 6) is 0.839. The second kappa shape index (κ2) is 9.75. The van der Waals surface area contributed by atoms with E-state index in [0.29, 0.717) is 0 Å². The van der Waals surface area contributed by atoms with Crippen molar-refractivity contribution in [3.63, 3.8) is 0 Å². The van der Waals surface area contributed by atoms with Gasteiger partial charge in [-0.25, -0.2) is 15.0 Å². The Balaban J connectivity index is 1.21. The Morgan fingerprint density at radius 2 is 1.14 bits per heavy atom. The molecule has 5 heterocycles.